The number of nitrogens with zero attached hydrogens (tertiary/aromatic N) is 2. The van der Waals surface area contributed by atoms with Crippen LogP contribution in [0.2, 0.25) is 0 Å². The number of hydrogen-bond donors (Lipinski definition) is 2. The molecular formula is C22H32N4OS. The quantitative estimate of drug-likeness (QED) is 0.551. The Morgan fingerprint density at radius 2 is 2.00 bits per heavy atom. The number of nitrogens with one attached hydrogen (secondary N) is 2. The van der Waals surface area contributed by atoms with E-state index in [4.69, 9.17) is 9.73 Å². The molecule has 1 aliphatic rings. The van der Waals surface area contributed by atoms with E-state index >= 15 is 0 Å². The van der Waals surface area contributed by atoms with Gasteiger partial charge in [-0.2, -0.15) is 0 Å². The molecule has 0 bridgehead atoms. The Morgan fingerprint density at radius 1 is 1.21 bits per heavy atom. The molecule has 0 radical (unpaired) electrons. The van der Waals surface area contributed by atoms with Gasteiger partial charge in [0.15, 0.2) is 5.96 Å². The molecule has 0 spiro atoms. The average Bonchev–Trinajstić information content (AvgIpc) is 3.12. The van der Waals surface area contributed by atoms with Crippen LogP contribution in [0.15, 0.2) is 35.5 Å². The maximum absolute atomic E-state index is 5.67. The van der Waals surface area contributed by atoms with Gasteiger partial charge in [-0.25, -0.2) is 4.98 Å². The summed E-state index contributed by atoms with van der Waals surface area (Å²) < 4.78 is 5.67. The van der Waals surface area contributed by atoms with Gasteiger partial charge >= 0.3 is 0 Å². The van der Waals surface area contributed by atoms with E-state index in [0.29, 0.717) is 0 Å². The summed E-state index contributed by atoms with van der Waals surface area (Å²) in [5.74, 6) is 0.884. The van der Waals surface area contributed by atoms with Gasteiger partial charge in [-0.05, 0) is 44.7 Å². The number of thiazole rings is 1. The van der Waals surface area contributed by atoms with Crippen molar-refractivity contribution in [3.05, 3.63) is 51.5 Å². The van der Waals surface area contributed by atoms with Gasteiger partial charge in [-0.3, -0.25) is 4.99 Å². The highest BCUT2D eigenvalue weighted by molar-refractivity contribution is 7.11. The van der Waals surface area contributed by atoms with Crippen molar-refractivity contribution < 1.29 is 4.74 Å². The van der Waals surface area contributed by atoms with Crippen LogP contribution < -0.4 is 10.6 Å². The Labute approximate surface area is 172 Å². The summed E-state index contributed by atoms with van der Waals surface area (Å²) in [5, 5.41) is 8.03. The summed E-state index contributed by atoms with van der Waals surface area (Å²) in [5.41, 5.74) is 2.81. The lowest BCUT2D eigenvalue weighted by atomic mass is 9.72. The van der Waals surface area contributed by atoms with E-state index in [9.17, 15) is 0 Å². The predicted molar refractivity (Wildman–Crippen MR) is 117 cm³/mol. The second kappa shape index (κ2) is 10.0. The number of ether oxygens (including phenoxy) is 1. The minimum Gasteiger partial charge on any atom is -0.381 e. The second-order valence-electron chi connectivity index (χ2n) is 7.44. The molecule has 3 rings (SSSR count). The molecular weight excluding hydrogens is 368 g/mol. The molecule has 0 unspecified atom stereocenters. The fourth-order valence-corrected chi connectivity index (χ4v) is 4.61. The molecule has 0 saturated carbocycles. The van der Waals surface area contributed by atoms with Crippen molar-refractivity contribution in [2.75, 3.05) is 32.8 Å². The van der Waals surface area contributed by atoms with Crippen LogP contribution >= 0.6 is 11.3 Å². The van der Waals surface area contributed by atoms with E-state index in [1.807, 2.05) is 6.20 Å². The predicted octanol–water partition coefficient (Wildman–Crippen LogP) is 3.61. The second-order valence-corrected chi connectivity index (χ2v) is 8.76. The zero-order valence-electron chi connectivity index (χ0n) is 17.3. The molecule has 2 aromatic rings. The molecule has 6 heteroatoms. The van der Waals surface area contributed by atoms with E-state index in [1.54, 1.807) is 11.3 Å². The zero-order valence-corrected chi connectivity index (χ0v) is 18.1. The monoisotopic (exact) mass is 400 g/mol. The summed E-state index contributed by atoms with van der Waals surface area (Å²) in [6.45, 7) is 10.5. The molecule has 1 saturated heterocycles. The maximum Gasteiger partial charge on any atom is 0.191 e. The molecule has 1 aliphatic heterocycles. The van der Waals surface area contributed by atoms with Gasteiger partial charge in [-0.1, -0.05) is 24.3 Å². The lowest BCUT2D eigenvalue weighted by Crippen LogP contribution is -2.42. The lowest BCUT2D eigenvalue weighted by Gasteiger charge is -2.37. The SMILES string of the molecule is CCNC(=NCC1(c2ccccc2C)CCOCC1)NCCc1ncc(C)s1. The van der Waals surface area contributed by atoms with Crippen LogP contribution in [0, 0.1) is 13.8 Å². The van der Waals surface area contributed by atoms with Crippen LogP contribution in [0.5, 0.6) is 0 Å². The molecule has 1 aromatic carbocycles. The number of benzene rings is 1. The van der Waals surface area contributed by atoms with Gasteiger partial charge in [0.1, 0.15) is 0 Å². The van der Waals surface area contributed by atoms with Crippen molar-refractivity contribution in [2.24, 2.45) is 4.99 Å². The minimum absolute atomic E-state index is 0.0539. The Morgan fingerprint density at radius 3 is 2.68 bits per heavy atom. The fraction of sp³-hybridized carbons (Fsp3) is 0.545. The number of aromatic nitrogens is 1. The van der Waals surface area contributed by atoms with E-state index in [2.05, 4.69) is 60.7 Å². The lowest BCUT2D eigenvalue weighted by molar-refractivity contribution is 0.0529. The van der Waals surface area contributed by atoms with E-state index in [0.717, 1.165) is 58.1 Å². The highest BCUT2D eigenvalue weighted by Gasteiger charge is 2.35. The van der Waals surface area contributed by atoms with Gasteiger partial charge < -0.3 is 15.4 Å². The first-order valence-electron chi connectivity index (χ1n) is 10.2. The van der Waals surface area contributed by atoms with Gasteiger partial charge in [0.2, 0.25) is 0 Å². The summed E-state index contributed by atoms with van der Waals surface area (Å²) >= 11 is 1.76. The third kappa shape index (κ3) is 5.32. The van der Waals surface area contributed by atoms with Crippen molar-refractivity contribution >= 4 is 17.3 Å². The summed E-state index contributed by atoms with van der Waals surface area (Å²) in [7, 11) is 0. The van der Waals surface area contributed by atoms with Crippen LogP contribution in [0.4, 0.5) is 0 Å². The number of aliphatic imine (C=N–C) groups is 1. The van der Waals surface area contributed by atoms with Crippen molar-refractivity contribution in [3.63, 3.8) is 0 Å². The number of hydrogen-bond acceptors (Lipinski definition) is 4. The van der Waals surface area contributed by atoms with Crippen LogP contribution in [0.3, 0.4) is 0 Å². The van der Waals surface area contributed by atoms with Crippen LogP contribution in [0.25, 0.3) is 0 Å². The summed E-state index contributed by atoms with van der Waals surface area (Å²) in [6, 6.07) is 8.72. The van der Waals surface area contributed by atoms with E-state index in [1.165, 1.54) is 21.0 Å². The largest absolute Gasteiger partial charge is 0.381 e. The van der Waals surface area contributed by atoms with Crippen molar-refractivity contribution in [1.29, 1.82) is 0 Å². The Hall–Kier alpha value is -1.92. The van der Waals surface area contributed by atoms with E-state index in [-0.39, 0.29) is 5.41 Å². The maximum atomic E-state index is 5.67. The topological polar surface area (TPSA) is 58.5 Å². The van der Waals surface area contributed by atoms with Gasteiger partial charge in [0.25, 0.3) is 0 Å². The smallest absolute Gasteiger partial charge is 0.191 e. The molecule has 1 aromatic heterocycles. The first-order chi connectivity index (χ1) is 13.6. The summed E-state index contributed by atoms with van der Waals surface area (Å²) in [4.78, 5) is 10.7. The fourth-order valence-electron chi connectivity index (χ4n) is 3.82. The van der Waals surface area contributed by atoms with Gasteiger partial charge in [-0.15, -0.1) is 11.3 Å². The van der Waals surface area contributed by atoms with Crippen LogP contribution in [-0.4, -0.2) is 43.8 Å². The highest BCUT2D eigenvalue weighted by Crippen LogP contribution is 2.37. The van der Waals surface area contributed by atoms with Crippen molar-refractivity contribution in [2.45, 2.75) is 45.4 Å². The average molecular weight is 401 g/mol. The molecule has 5 nitrogen and oxygen atoms in total. The molecule has 2 heterocycles. The van der Waals surface area contributed by atoms with Crippen molar-refractivity contribution in [1.82, 2.24) is 15.6 Å². The first-order valence-corrected chi connectivity index (χ1v) is 11.0. The first kappa shape index (κ1) is 20.8. The third-order valence-electron chi connectivity index (χ3n) is 5.35. The van der Waals surface area contributed by atoms with Crippen molar-refractivity contribution in [3.8, 4) is 0 Å². The van der Waals surface area contributed by atoms with Gasteiger partial charge in [0.05, 0.1) is 11.6 Å². The standard InChI is InChI=1S/C22H32N4OS/c1-4-23-21(24-12-9-20-25-15-18(3)28-20)26-16-22(10-13-27-14-11-22)19-8-6-5-7-17(19)2/h5-8,15H,4,9-14,16H2,1-3H3,(H2,23,24,26). The molecule has 152 valence electrons. The van der Waals surface area contributed by atoms with Crippen LogP contribution in [0.1, 0.15) is 40.8 Å². The molecule has 2 N–H and O–H groups in total. The third-order valence-corrected chi connectivity index (χ3v) is 6.32. The molecule has 1 fully saturated rings. The van der Waals surface area contributed by atoms with Crippen LogP contribution in [-0.2, 0) is 16.6 Å². The molecule has 0 atom stereocenters. The highest BCUT2D eigenvalue weighted by atomic mass is 32.1. The van der Waals surface area contributed by atoms with E-state index < -0.39 is 0 Å². The number of aryl methyl sites for hydroxylation is 2. The Balaban J connectivity index is 1.70. The molecule has 28 heavy (non-hydrogen) atoms. The Kier molecular flexibility index (Phi) is 7.45. The summed E-state index contributed by atoms with van der Waals surface area (Å²) in [6.07, 6.45) is 4.88. The minimum atomic E-state index is 0.0539. The number of guanidine groups is 1. The number of rotatable bonds is 7. The van der Waals surface area contributed by atoms with Gasteiger partial charge in [0, 0.05) is 49.2 Å². The molecule has 0 aliphatic carbocycles. The zero-order chi connectivity index (χ0) is 19.8. The Bertz CT molecular complexity index is 780. The molecule has 0 amide bonds. The normalized spacial score (nSPS) is 16.8.